The van der Waals surface area contributed by atoms with Crippen molar-refractivity contribution in [3.05, 3.63) is 84.1 Å². The van der Waals surface area contributed by atoms with Crippen molar-refractivity contribution in [3.8, 4) is 0 Å². The van der Waals surface area contributed by atoms with Gasteiger partial charge in [0.25, 0.3) is 0 Å². The van der Waals surface area contributed by atoms with Crippen molar-refractivity contribution in [1.29, 1.82) is 0 Å². The van der Waals surface area contributed by atoms with Gasteiger partial charge in [0, 0.05) is 23.5 Å². The average molecular weight is 482 g/mol. The van der Waals surface area contributed by atoms with Crippen LogP contribution in [0.4, 0.5) is 4.79 Å². The lowest BCUT2D eigenvalue weighted by Crippen LogP contribution is -2.43. The monoisotopic (exact) mass is 481 g/mol. The predicted molar refractivity (Wildman–Crippen MR) is 130 cm³/mol. The summed E-state index contributed by atoms with van der Waals surface area (Å²) in [6.45, 7) is 0.175. The number of methoxy groups -OCH3 is 1. The van der Waals surface area contributed by atoms with Crippen molar-refractivity contribution < 1.29 is 23.3 Å². The van der Waals surface area contributed by atoms with E-state index in [2.05, 4.69) is 15.0 Å². The Morgan fingerprint density at radius 3 is 2.68 bits per heavy atom. The second-order valence-corrected chi connectivity index (χ2v) is 9.46. The number of ether oxygens (including phenoxy) is 2. The Balaban J connectivity index is 1.30. The minimum absolute atomic E-state index is 0.175. The van der Waals surface area contributed by atoms with Gasteiger partial charge in [-0.15, -0.1) is 0 Å². The highest BCUT2D eigenvalue weighted by Gasteiger charge is 2.30. The molecule has 0 aliphatic heterocycles. The Labute approximate surface area is 200 Å². The zero-order valence-electron chi connectivity index (χ0n) is 18.7. The van der Waals surface area contributed by atoms with Gasteiger partial charge in [-0.3, -0.25) is 4.79 Å². The molecule has 1 heterocycles. The fourth-order valence-electron chi connectivity index (χ4n) is 3.91. The number of para-hydroxylation sites is 1. The second kappa shape index (κ2) is 11.1. The van der Waals surface area contributed by atoms with Gasteiger partial charge in [0.15, 0.2) is 0 Å². The number of H-pyrrole nitrogens is 1. The number of aromatic nitrogens is 1. The van der Waals surface area contributed by atoms with Crippen LogP contribution in [0.3, 0.4) is 0 Å². The summed E-state index contributed by atoms with van der Waals surface area (Å²) in [6.07, 6.45) is 5.64. The largest absolute Gasteiger partial charge is 0.468 e. The van der Waals surface area contributed by atoms with Crippen molar-refractivity contribution in [2.75, 3.05) is 7.11 Å². The number of carbonyl (C=O) groups is 2. The SMILES string of the molecule is COC(=O)[C@H](Cc1c[nH]c2ccccc12)NS(=O)C1C=CC(NC(=O)OCc2ccccc2)C1. The number of rotatable bonds is 9. The van der Waals surface area contributed by atoms with Crippen LogP contribution in [0.5, 0.6) is 0 Å². The number of nitrogens with one attached hydrogen (secondary N) is 3. The first-order chi connectivity index (χ1) is 16.5. The number of benzene rings is 2. The maximum atomic E-state index is 13.0. The molecule has 8 nitrogen and oxygen atoms in total. The molecule has 1 aliphatic carbocycles. The van der Waals surface area contributed by atoms with Gasteiger partial charge in [-0.25, -0.2) is 13.7 Å². The number of esters is 1. The standard InChI is InChI=1S/C25H27N3O5S/c1-32-24(29)23(13-18-15-26-22-10-6-5-9-21(18)22)28-34(31)20-12-11-19(14-20)27-25(30)33-16-17-7-3-2-4-8-17/h2-12,15,19-20,23,26,28H,13-14,16H2,1H3,(H,27,30)/t19?,20?,23-,34?/m0/s1. The van der Waals surface area contributed by atoms with E-state index in [4.69, 9.17) is 9.47 Å². The van der Waals surface area contributed by atoms with Crippen LogP contribution in [0.2, 0.25) is 0 Å². The van der Waals surface area contributed by atoms with Crippen LogP contribution < -0.4 is 10.0 Å². The number of alkyl carbamates (subject to hydrolysis) is 1. The van der Waals surface area contributed by atoms with E-state index >= 15 is 0 Å². The molecule has 1 aromatic heterocycles. The van der Waals surface area contributed by atoms with Gasteiger partial charge in [0.05, 0.1) is 29.4 Å². The molecule has 1 amide bonds. The van der Waals surface area contributed by atoms with E-state index in [1.807, 2.05) is 60.8 Å². The van der Waals surface area contributed by atoms with Crippen molar-refractivity contribution in [3.63, 3.8) is 0 Å². The lowest BCUT2D eigenvalue weighted by atomic mass is 10.1. The van der Waals surface area contributed by atoms with Crippen LogP contribution in [0, 0.1) is 0 Å². The molecule has 0 radical (unpaired) electrons. The third kappa shape index (κ3) is 5.92. The molecule has 0 saturated carbocycles. The number of amides is 1. The first-order valence-corrected chi connectivity index (χ1v) is 12.2. The van der Waals surface area contributed by atoms with Gasteiger partial charge in [0.2, 0.25) is 0 Å². The molecule has 3 aromatic rings. The van der Waals surface area contributed by atoms with Crippen LogP contribution in [0.25, 0.3) is 10.9 Å². The summed E-state index contributed by atoms with van der Waals surface area (Å²) in [5.74, 6) is -0.486. The number of carbonyl (C=O) groups excluding carboxylic acids is 2. The van der Waals surface area contributed by atoms with Gasteiger partial charge in [0.1, 0.15) is 12.6 Å². The van der Waals surface area contributed by atoms with Crippen LogP contribution in [-0.4, -0.2) is 45.7 Å². The summed E-state index contributed by atoms with van der Waals surface area (Å²) in [4.78, 5) is 27.7. The van der Waals surface area contributed by atoms with Crippen molar-refractivity contribution in [2.45, 2.75) is 36.8 Å². The van der Waals surface area contributed by atoms with Gasteiger partial charge in [-0.1, -0.05) is 60.7 Å². The van der Waals surface area contributed by atoms with Crippen LogP contribution in [-0.2, 0) is 38.3 Å². The van der Waals surface area contributed by atoms with E-state index in [1.165, 1.54) is 7.11 Å². The molecule has 3 unspecified atom stereocenters. The number of fused-ring (bicyclic) bond motifs is 1. The molecule has 178 valence electrons. The van der Waals surface area contributed by atoms with Crippen LogP contribution >= 0.6 is 0 Å². The Morgan fingerprint density at radius 2 is 1.88 bits per heavy atom. The molecule has 34 heavy (non-hydrogen) atoms. The molecule has 0 spiro atoms. The van der Waals surface area contributed by atoms with E-state index in [9.17, 15) is 13.8 Å². The summed E-state index contributed by atoms with van der Waals surface area (Å²) in [6, 6.07) is 16.1. The summed E-state index contributed by atoms with van der Waals surface area (Å²) in [7, 11) is -0.241. The van der Waals surface area contributed by atoms with E-state index in [-0.39, 0.29) is 17.9 Å². The third-order valence-electron chi connectivity index (χ3n) is 5.68. The van der Waals surface area contributed by atoms with E-state index in [0.717, 1.165) is 22.0 Å². The Hall–Kier alpha value is -3.43. The molecule has 3 N–H and O–H groups in total. The van der Waals surface area contributed by atoms with Crippen molar-refractivity contribution in [1.82, 2.24) is 15.0 Å². The highest BCUT2D eigenvalue weighted by atomic mass is 32.2. The predicted octanol–water partition coefficient (Wildman–Crippen LogP) is 3.13. The Morgan fingerprint density at radius 1 is 1.12 bits per heavy atom. The lowest BCUT2D eigenvalue weighted by molar-refractivity contribution is -0.142. The molecular weight excluding hydrogens is 454 g/mol. The first-order valence-electron chi connectivity index (χ1n) is 11.0. The quantitative estimate of drug-likeness (QED) is 0.321. The molecule has 1 aliphatic rings. The summed E-state index contributed by atoms with van der Waals surface area (Å²) in [5.41, 5.74) is 2.79. The molecule has 4 atom stereocenters. The topological polar surface area (TPSA) is 110 Å². The number of hydrogen-bond acceptors (Lipinski definition) is 5. The normalized spacial score (nSPS) is 19.0. The molecule has 9 heteroatoms. The van der Waals surface area contributed by atoms with Crippen LogP contribution in [0.15, 0.2) is 72.9 Å². The minimum Gasteiger partial charge on any atom is -0.468 e. The number of aromatic amines is 1. The molecular formula is C25H27N3O5S. The zero-order chi connectivity index (χ0) is 23.9. The first kappa shape index (κ1) is 23.7. The highest BCUT2D eigenvalue weighted by Crippen LogP contribution is 2.21. The maximum Gasteiger partial charge on any atom is 0.407 e. The fourth-order valence-corrected chi connectivity index (χ4v) is 5.16. The fraction of sp³-hybridized carbons (Fsp3) is 0.280. The van der Waals surface area contributed by atoms with Crippen molar-refractivity contribution in [2.24, 2.45) is 0 Å². The molecule has 0 saturated heterocycles. The third-order valence-corrected chi connectivity index (χ3v) is 7.09. The van der Waals surface area contributed by atoms with Crippen LogP contribution in [0.1, 0.15) is 17.5 Å². The van der Waals surface area contributed by atoms with Gasteiger partial charge >= 0.3 is 12.1 Å². The average Bonchev–Trinajstić information content (AvgIpc) is 3.50. The zero-order valence-corrected chi connectivity index (χ0v) is 19.5. The molecule has 4 rings (SSSR count). The second-order valence-electron chi connectivity index (χ2n) is 8.03. The smallest absolute Gasteiger partial charge is 0.407 e. The number of hydrogen-bond donors (Lipinski definition) is 3. The van der Waals surface area contributed by atoms with Crippen molar-refractivity contribution >= 4 is 34.0 Å². The molecule has 0 bridgehead atoms. The van der Waals surface area contributed by atoms with E-state index < -0.39 is 29.1 Å². The highest BCUT2D eigenvalue weighted by molar-refractivity contribution is 7.83. The van der Waals surface area contributed by atoms with Gasteiger partial charge in [-0.05, 0) is 23.6 Å². The maximum absolute atomic E-state index is 13.0. The van der Waals surface area contributed by atoms with Gasteiger partial charge < -0.3 is 19.8 Å². The summed E-state index contributed by atoms with van der Waals surface area (Å²) < 4.78 is 26.1. The Kier molecular flexibility index (Phi) is 7.76. The summed E-state index contributed by atoms with van der Waals surface area (Å²) in [5, 5.41) is 3.41. The van der Waals surface area contributed by atoms with Gasteiger partial charge in [-0.2, -0.15) is 0 Å². The minimum atomic E-state index is -1.55. The lowest BCUT2D eigenvalue weighted by Gasteiger charge is -2.19. The molecule has 2 aromatic carbocycles. The van der Waals surface area contributed by atoms with E-state index in [0.29, 0.717) is 12.8 Å². The van der Waals surface area contributed by atoms with E-state index in [1.54, 1.807) is 12.2 Å². The Bertz CT molecular complexity index is 1190. The molecule has 0 fully saturated rings. The summed E-state index contributed by atoms with van der Waals surface area (Å²) >= 11 is 0.